The number of fused-ring (bicyclic) bond motifs is 1. The average molecular weight is 314 g/mol. The van der Waals surface area contributed by atoms with E-state index >= 15 is 0 Å². The van der Waals surface area contributed by atoms with E-state index in [1.165, 1.54) is 0 Å². The van der Waals surface area contributed by atoms with Crippen LogP contribution in [0.2, 0.25) is 0 Å². The van der Waals surface area contributed by atoms with Gasteiger partial charge in [0.15, 0.2) is 11.5 Å². The van der Waals surface area contributed by atoms with Crippen LogP contribution in [-0.2, 0) is 4.79 Å². The molecule has 1 aromatic rings. The van der Waals surface area contributed by atoms with Crippen molar-refractivity contribution in [3.63, 3.8) is 0 Å². The second-order valence-electron chi connectivity index (χ2n) is 4.86. The molecule has 0 saturated heterocycles. The largest absolute Gasteiger partial charge is 1.00 e. The quantitative estimate of drug-likeness (QED) is 0.736. The summed E-state index contributed by atoms with van der Waals surface area (Å²) in [6.45, 7) is 6.74. The third-order valence-corrected chi connectivity index (χ3v) is 3.12. The highest BCUT2D eigenvalue weighted by molar-refractivity contribution is 5.94. The predicted molar refractivity (Wildman–Crippen MR) is 78.2 cm³/mol. The first-order valence-corrected chi connectivity index (χ1v) is 7.15. The number of rotatable bonds is 7. The lowest BCUT2D eigenvalue weighted by atomic mass is 10.2. The maximum atomic E-state index is 12.1. The van der Waals surface area contributed by atoms with Crippen LogP contribution in [0.1, 0.15) is 26.7 Å². The van der Waals surface area contributed by atoms with Gasteiger partial charge in [0.2, 0.25) is 12.7 Å². The third kappa shape index (κ3) is 4.79. The Morgan fingerprint density at radius 3 is 2.62 bits per heavy atom. The molecular weight excluding hydrogens is 292 g/mol. The van der Waals surface area contributed by atoms with Gasteiger partial charge in [0.05, 0.1) is 12.2 Å². The molecule has 5 nitrogen and oxygen atoms in total. The van der Waals surface area contributed by atoms with E-state index in [1.54, 1.807) is 0 Å². The lowest BCUT2D eigenvalue weighted by molar-refractivity contribution is -0.117. The Kier molecular flexibility index (Phi) is 7.32. The molecule has 1 amide bonds. The maximum Gasteiger partial charge on any atom is 0.238 e. The third-order valence-electron chi connectivity index (χ3n) is 3.12. The fourth-order valence-electron chi connectivity index (χ4n) is 2.32. The zero-order valence-electron chi connectivity index (χ0n) is 12.5. The summed E-state index contributed by atoms with van der Waals surface area (Å²) in [5.74, 6) is 1.29. The van der Waals surface area contributed by atoms with Gasteiger partial charge in [-0.15, -0.1) is 0 Å². The van der Waals surface area contributed by atoms with Crippen LogP contribution < -0.4 is 27.2 Å². The highest BCUT2D eigenvalue weighted by atomic mass is 35.5. The fourth-order valence-corrected chi connectivity index (χ4v) is 2.32. The van der Waals surface area contributed by atoms with Crippen LogP contribution in [0.25, 0.3) is 0 Å². The van der Waals surface area contributed by atoms with E-state index in [1.807, 2.05) is 18.2 Å². The number of nitrogens with zero attached hydrogens (tertiary/aromatic N) is 1. The van der Waals surface area contributed by atoms with Crippen molar-refractivity contribution in [1.82, 2.24) is 4.90 Å². The summed E-state index contributed by atoms with van der Waals surface area (Å²) in [4.78, 5) is 14.3. The number of benzene rings is 1. The molecule has 21 heavy (non-hydrogen) atoms. The van der Waals surface area contributed by atoms with E-state index in [9.17, 15) is 4.79 Å². The Bertz CT molecular complexity index is 462. The summed E-state index contributed by atoms with van der Waals surface area (Å²) in [7, 11) is 0. The highest BCUT2D eigenvalue weighted by Gasteiger charge is 2.19. The first kappa shape index (κ1) is 17.6. The Labute approximate surface area is 132 Å². The molecule has 1 heterocycles. The monoisotopic (exact) mass is 313 g/mol. The summed E-state index contributed by atoms with van der Waals surface area (Å²) in [5.41, 5.74) is 0.679. The number of hydrogen-bond donors (Lipinski definition) is 1. The number of hydrogen-bond acceptors (Lipinski definition) is 4. The molecule has 0 radical (unpaired) electrons. The molecule has 118 valence electrons. The number of carbonyl (C=O) groups is 1. The van der Waals surface area contributed by atoms with Crippen molar-refractivity contribution in [2.24, 2.45) is 0 Å². The van der Waals surface area contributed by atoms with Crippen LogP contribution >= 0.6 is 0 Å². The van der Waals surface area contributed by atoms with Crippen LogP contribution in [-0.4, -0.2) is 37.2 Å². The molecule has 0 unspecified atom stereocenters. The molecule has 0 atom stereocenters. The van der Waals surface area contributed by atoms with Crippen molar-refractivity contribution in [2.45, 2.75) is 26.7 Å². The number of ether oxygens (including phenoxy) is 2. The molecule has 0 aromatic heterocycles. The summed E-state index contributed by atoms with van der Waals surface area (Å²) >= 11 is 0. The number of carbonyl (C=O) groups excluding carboxylic acids is 1. The first-order valence-electron chi connectivity index (χ1n) is 7.15. The molecular formula is C15H22ClN2O3-. The molecule has 0 spiro atoms. The SMILES string of the molecule is CCCN(CCC)CC(=O)Nc1cccc2c1OCO2.[Cl-]. The fraction of sp³-hybridized carbons (Fsp3) is 0.533. The van der Waals surface area contributed by atoms with E-state index in [0.717, 1.165) is 25.9 Å². The molecule has 0 saturated carbocycles. The summed E-state index contributed by atoms with van der Waals surface area (Å²) in [6, 6.07) is 5.51. The van der Waals surface area contributed by atoms with Crippen molar-refractivity contribution < 1.29 is 26.7 Å². The van der Waals surface area contributed by atoms with Gasteiger partial charge in [0, 0.05) is 0 Å². The molecule has 6 heteroatoms. The number of anilines is 1. The van der Waals surface area contributed by atoms with Gasteiger partial charge in [0.25, 0.3) is 0 Å². The minimum absolute atomic E-state index is 0. The zero-order valence-corrected chi connectivity index (χ0v) is 13.3. The maximum absolute atomic E-state index is 12.1. The Balaban J connectivity index is 0.00000220. The van der Waals surface area contributed by atoms with E-state index in [2.05, 4.69) is 24.1 Å². The van der Waals surface area contributed by atoms with E-state index in [-0.39, 0.29) is 25.1 Å². The van der Waals surface area contributed by atoms with Gasteiger partial charge >= 0.3 is 0 Å². The van der Waals surface area contributed by atoms with Crippen molar-refractivity contribution in [1.29, 1.82) is 0 Å². The van der Waals surface area contributed by atoms with Gasteiger partial charge in [-0.2, -0.15) is 0 Å². The minimum Gasteiger partial charge on any atom is -1.00 e. The number of nitrogens with one attached hydrogen (secondary N) is 1. The molecule has 0 fully saturated rings. The van der Waals surface area contributed by atoms with Gasteiger partial charge in [-0.05, 0) is 38.1 Å². The number of halogens is 1. The van der Waals surface area contributed by atoms with Gasteiger partial charge in [-0.1, -0.05) is 19.9 Å². The summed E-state index contributed by atoms with van der Waals surface area (Å²) in [6.07, 6.45) is 2.09. The predicted octanol–water partition coefficient (Wildman–Crippen LogP) is -0.520. The van der Waals surface area contributed by atoms with Crippen molar-refractivity contribution in [3.05, 3.63) is 18.2 Å². The Morgan fingerprint density at radius 1 is 1.24 bits per heavy atom. The Morgan fingerprint density at radius 2 is 1.95 bits per heavy atom. The van der Waals surface area contributed by atoms with Gasteiger partial charge in [-0.3, -0.25) is 9.69 Å². The molecule has 2 rings (SSSR count). The van der Waals surface area contributed by atoms with Crippen molar-refractivity contribution >= 4 is 11.6 Å². The van der Waals surface area contributed by atoms with Crippen LogP contribution in [0, 0.1) is 0 Å². The molecule has 1 aliphatic rings. The van der Waals surface area contributed by atoms with Crippen molar-refractivity contribution in [3.8, 4) is 11.5 Å². The topological polar surface area (TPSA) is 50.8 Å². The molecule has 0 aliphatic carbocycles. The van der Waals surface area contributed by atoms with Gasteiger partial charge < -0.3 is 27.2 Å². The van der Waals surface area contributed by atoms with E-state index in [0.29, 0.717) is 23.7 Å². The second-order valence-corrected chi connectivity index (χ2v) is 4.86. The van der Waals surface area contributed by atoms with Crippen LogP contribution in [0.3, 0.4) is 0 Å². The lowest BCUT2D eigenvalue weighted by Gasteiger charge is -2.20. The number of para-hydroxylation sites is 1. The van der Waals surface area contributed by atoms with Gasteiger partial charge in [0.1, 0.15) is 0 Å². The molecule has 1 N–H and O–H groups in total. The standard InChI is InChI=1S/C15H22N2O3.ClH/c1-3-8-17(9-4-2)10-14(18)16-12-6-5-7-13-15(12)20-11-19-13;/h5-7H,3-4,8-11H2,1-2H3,(H,16,18);1H/p-1. The van der Waals surface area contributed by atoms with Gasteiger partial charge in [-0.25, -0.2) is 0 Å². The minimum atomic E-state index is -0.0178. The van der Waals surface area contributed by atoms with Crippen LogP contribution in [0.4, 0.5) is 5.69 Å². The highest BCUT2D eigenvalue weighted by Crippen LogP contribution is 2.38. The Hall–Kier alpha value is -1.46. The van der Waals surface area contributed by atoms with Crippen LogP contribution in [0.5, 0.6) is 11.5 Å². The number of amides is 1. The average Bonchev–Trinajstić information content (AvgIpc) is 2.88. The normalized spacial score (nSPS) is 12.1. The second kappa shape index (κ2) is 8.74. The van der Waals surface area contributed by atoms with E-state index < -0.39 is 0 Å². The lowest BCUT2D eigenvalue weighted by Crippen LogP contribution is -3.00. The smallest absolute Gasteiger partial charge is 0.238 e. The summed E-state index contributed by atoms with van der Waals surface area (Å²) in [5, 5.41) is 2.90. The van der Waals surface area contributed by atoms with E-state index in [4.69, 9.17) is 9.47 Å². The molecule has 1 aliphatic heterocycles. The zero-order chi connectivity index (χ0) is 14.4. The summed E-state index contributed by atoms with van der Waals surface area (Å²) < 4.78 is 10.7. The van der Waals surface area contributed by atoms with Crippen LogP contribution in [0.15, 0.2) is 18.2 Å². The van der Waals surface area contributed by atoms with Crippen molar-refractivity contribution in [2.75, 3.05) is 31.7 Å². The first-order chi connectivity index (χ1) is 9.74. The molecule has 0 bridgehead atoms. The molecule has 1 aromatic carbocycles.